The first-order chi connectivity index (χ1) is 12.0. The SMILES string of the molecule is O=C(NCC1CCCO1)C1CCN(S(=O)(=O)c2cccc(Cl)c2)CC1. The Bertz CT molecular complexity index is 711. The van der Waals surface area contributed by atoms with Crippen LogP contribution >= 0.6 is 11.6 Å². The summed E-state index contributed by atoms with van der Waals surface area (Å²) in [5.74, 6) is -0.150. The van der Waals surface area contributed by atoms with Gasteiger partial charge in [0, 0.05) is 37.2 Å². The number of hydrogen-bond acceptors (Lipinski definition) is 4. The molecule has 3 rings (SSSR count). The predicted molar refractivity (Wildman–Crippen MR) is 94.9 cm³/mol. The quantitative estimate of drug-likeness (QED) is 0.840. The van der Waals surface area contributed by atoms with Gasteiger partial charge in [0.25, 0.3) is 0 Å². The van der Waals surface area contributed by atoms with Gasteiger partial charge in [-0.05, 0) is 43.9 Å². The summed E-state index contributed by atoms with van der Waals surface area (Å²) in [5.41, 5.74) is 0. The van der Waals surface area contributed by atoms with Crippen molar-refractivity contribution in [1.82, 2.24) is 9.62 Å². The molecule has 0 spiro atoms. The van der Waals surface area contributed by atoms with Gasteiger partial charge >= 0.3 is 0 Å². The van der Waals surface area contributed by atoms with Crippen LogP contribution in [0.5, 0.6) is 0 Å². The third-order valence-electron chi connectivity index (χ3n) is 4.79. The van der Waals surface area contributed by atoms with Crippen molar-refractivity contribution >= 4 is 27.5 Å². The van der Waals surface area contributed by atoms with E-state index in [-0.39, 0.29) is 22.8 Å². The number of benzene rings is 1. The molecule has 0 saturated carbocycles. The van der Waals surface area contributed by atoms with Gasteiger partial charge in [-0.2, -0.15) is 4.31 Å². The maximum absolute atomic E-state index is 12.7. The highest BCUT2D eigenvalue weighted by atomic mass is 35.5. The molecular weight excluding hydrogens is 364 g/mol. The Morgan fingerprint density at radius 2 is 2.04 bits per heavy atom. The summed E-state index contributed by atoms with van der Waals surface area (Å²) in [4.78, 5) is 12.5. The summed E-state index contributed by atoms with van der Waals surface area (Å²) < 4.78 is 32.3. The fraction of sp³-hybridized carbons (Fsp3) is 0.588. The van der Waals surface area contributed by atoms with Crippen LogP contribution in [-0.2, 0) is 19.6 Å². The van der Waals surface area contributed by atoms with Crippen LogP contribution < -0.4 is 5.32 Å². The van der Waals surface area contributed by atoms with Crippen molar-refractivity contribution < 1.29 is 17.9 Å². The molecule has 2 fully saturated rings. The van der Waals surface area contributed by atoms with E-state index < -0.39 is 10.0 Å². The third-order valence-corrected chi connectivity index (χ3v) is 6.92. The van der Waals surface area contributed by atoms with Gasteiger partial charge in [-0.15, -0.1) is 0 Å². The molecule has 0 aliphatic carbocycles. The van der Waals surface area contributed by atoms with Crippen LogP contribution in [-0.4, -0.2) is 51.0 Å². The molecule has 1 unspecified atom stereocenters. The van der Waals surface area contributed by atoms with Gasteiger partial charge < -0.3 is 10.1 Å². The van der Waals surface area contributed by atoms with Crippen LogP contribution in [0.15, 0.2) is 29.2 Å². The van der Waals surface area contributed by atoms with Gasteiger partial charge in [-0.25, -0.2) is 8.42 Å². The van der Waals surface area contributed by atoms with Gasteiger partial charge in [-0.3, -0.25) is 4.79 Å². The molecule has 1 aromatic rings. The minimum absolute atomic E-state index is 0.00435. The number of amides is 1. The van der Waals surface area contributed by atoms with Crippen molar-refractivity contribution in [3.8, 4) is 0 Å². The highest BCUT2D eigenvalue weighted by molar-refractivity contribution is 7.89. The first kappa shape index (κ1) is 18.6. The summed E-state index contributed by atoms with van der Waals surface area (Å²) in [6.07, 6.45) is 3.19. The third kappa shape index (κ3) is 4.53. The van der Waals surface area contributed by atoms with E-state index in [9.17, 15) is 13.2 Å². The summed E-state index contributed by atoms with van der Waals surface area (Å²) in [6, 6.07) is 6.27. The molecule has 1 aromatic carbocycles. The van der Waals surface area contributed by atoms with Crippen LogP contribution in [0.3, 0.4) is 0 Å². The number of halogens is 1. The van der Waals surface area contributed by atoms with Crippen LogP contribution in [0.4, 0.5) is 0 Å². The molecule has 2 aliphatic heterocycles. The number of sulfonamides is 1. The lowest BCUT2D eigenvalue weighted by Gasteiger charge is -2.30. The molecule has 8 heteroatoms. The Labute approximate surface area is 153 Å². The van der Waals surface area contributed by atoms with E-state index in [0.29, 0.717) is 37.5 Å². The molecular formula is C17H23ClN2O4S. The highest BCUT2D eigenvalue weighted by Gasteiger charge is 2.32. The van der Waals surface area contributed by atoms with E-state index in [1.165, 1.54) is 10.4 Å². The Morgan fingerprint density at radius 3 is 2.68 bits per heavy atom. The molecule has 1 amide bonds. The van der Waals surface area contributed by atoms with Crippen molar-refractivity contribution in [1.29, 1.82) is 0 Å². The number of rotatable bonds is 5. The minimum atomic E-state index is -3.56. The molecule has 0 radical (unpaired) electrons. The van der Waals surface area contributed by atoms with Gasteiger partial charge in [0.05, 0.1) is 11.0 Å². The lowest BCUT2D eigenvalue weighted by Crippen LogP contribution is -2.44. The van der Waals surface area contributed by atoms with Gasteiger partial charge in [0.2, 0.25) is 15.9 Å². The second-order valence-corrected chi connectivity index (χ2v) is 8.89. The Morgan fingerprint density at radius 1 is 1.28 bits per heavy atom. The molecule has 138 valence electrons. The standard InChI is InChI=1S/C17H23ClN2O4S/c18-14-3-1-5-16(11-14)25(22,23)20-8-6-13(7-9-20)17(21)19-12-15-4-2-10-24-15/h1,3,5,11,13,15H,2,4,6-10,12H2,(H,19,21). The van der Waals surface area contributed by atoms with Gasteiger partial charge in [0.15, 0.2) is 0 Å². The number of carbonyl (C=O) groups excluding carboxylic acids is 1. The monoisotopic (exact) mass is 386 g/mol. The van der Waals surface area contributed by atoms with E-state index in [1.807, 2.05) is 0 Å². The normalized spacial score (nSPS) is 22.8. The Kier molecular flexibility index (Phi) is 5.99. The maximum atomic E-state index is 12.7. The maximum Gasteiger partial charge on any atom is 0.243 e. The largest absolute Gasteiger partial charge is 0.376 e. The number of nitrogens with zero attached hydrogens (tertiary/aromatic N) is 1. The number of nitrogens with one attached hydrogen (secondary N) is 1. The van der Waals surface area contributed by atoms with Crippen LogP contribution in [0.1, 0.15) is 25.7 Å². The molecule has 0 bridgehead atoms. The van der Waals surface area contributed by atoms with E-state index in [4.69, 9.17) is 16.3 Å². The summed E-state index contributed by atoms with van der Waals surface area (Å²) in [5, 5.41) is 3.33. The number of piperidine rings is 1. The average molecular weight is 387 g/mol. The van der Waals surface area contributed by atoms with Crippen molar-refractivity contribution in [2.75, 3.05) is 26.2 Å². The number of ether oxygens (including phenoxy) is 1. The molecule has 2 aliphatic rings. The lowest BCUT2D eigenvalue weighted by atomic mass is 9.97. The van der Waals surface area contributed by atoms with Crippen molar-refractivity contribution in [3.63, 3.8) is 0 Å². The van der Waals surface area contributed by atoms with Gasteiger partial charge in [-0.1, -0.05) is 17.7 Å². The number of hydrogen-bond donors (Lipinski definition) is 1. The van der Waals surface area contributed by atoms with Crippen molar-refractivity contribution in [2.45, 2.75) is 36.7 Å². The van der Waals surface area contributed by atoms with Gasteiger partial charge in [0.1, 0.15) is 0 Å². The second kappa shape index (κ2) is 8.03. The smallest absolute Gasteiger partial charge is 0.243 e. The predicted octanol–water partition coefficient (Wildman–Crippen LogP) is 2.04. The summed E-state index contributed by atoms with van der Waals surface area (Å²) in [7, 11) is -3.56. The highest BCUT2D eigenvalue weighted by Crippen LogP contribution is 2.25. The lowest BCUT2D eigenvalue weighted by molar-refractivity contribution is -0.126. The fourth-order valence-corrected chi connectivity index (χ4v) is 5.07. The van der Waals surface area contributed by atoms with Crippen LogP contribution in [0.2, 0.25) is 5.02 Å². The van der Waals surface area contributed by atoms with E-state index >= 15 is 0 Å². The molecule has 6 nitrogen and oxygen atoms in total. The molecule has 0 aromatic heterocycles. The molecule has 2 saturated heterocycles. The molecule has 1 N–H and O–H groups in total. The average Bonchev–Trinajstić information content (AvgIpc) is 3.13. The Balaban J connectivity index is 1.53. The van der Waals surface area contributed by atoms with Crippen molar-refractivity contribution in [2.24, 2.45) is 5.92 Å². The van der Waals surface area contributed by atoms with Crippen LogP contribution in [0.25, 0.3) is 0 Å². The zero-order chi connectivity index (χ0) is 17.9. The molecule has 2 heterocycles. The van der Waals surface area contributed by atoms with Crippen molar-refractivity contribution in [3.05, 3.63) is 29.3 Å². The molecule has 1 atom stereocenters. The Hall–Kier alpha value is -1.15. The zero-order valence-corrected chi connectivity index (χ0v) is 15.6. The second-order valence-electron chi connectivity index (χ2n) is 6.52. The summed E-state index contributed by atoms with van der Waals surface area (Å²) >= 11 is 5.90. The van der Waals surface area contributed by atoms with E-state index in [1.54, 1.807) is 18.2 Å². The topological polar surface area (TPSA) is 75.7 Å². The molecule has 25 heavy (non-hydrogen) atoms. The van der Waals surface area contributed by atoms with Crippen LogP contribution in [0, 0.1) is 5.92 Å². The van der Waals surface area contributed by atoms with E-state index in [0.717, 1.165) is 19.4 Å². The summed E-state index contributed by atoms with van der Waals surface area (Å²) in [6.45, 7) is 1.99. The first-order valence-electron chi connectivity index (χ1n) is 8.62. The minimum Gasteiger partial charge on any atom is -0.376 e. The fourth-order valence-electron chi connectivity index (χ4n) is 3.30. The number of carbonyl (C=O) groups is 1. The first-order valence-corrected chi connectivity index (χ1v) is 10.4. The zero-order valence-electron chi connectivity index (χ0n) is 14.0. The van der Waals surface area contributed by atoms with E-state index in [2.05, 4.69) is 5.32 Å².